The van der Waals surface area contributed by atoms with E-state index < -0.39 is 0 Å². The average molecular weight is 303 g/mol. The SMILES string of the molecule is OCC1CCCC1CNc1ncc(Br)cc1F. The lowest BCUT2D eigenvalue weighted by Gasteiger charge is -2.18. The first-order valence-electron chi connectivity index (χ1n) is 5.86. The molecule has 1 aliphatic rings. The van der Waals surface area contributed by atoms with E-state index in [9.17, 15) is 9.50 Å². The molecule has 0 bridgehead atoms. The van der Waals surface area contributed by atoms with Gasteiger partial charge in [-0.15, -0.1) is 0 Å². The molecule has 1 aromatic heterocycles. The maximum atomic E-state index is 13.5. The topological polar surface area (TPSA) is 45.1 Å². The Kier molecular flexibility index (Phi) is 4.34. The molecule has 1 fully saturated rings. The van der Waals surface area contributed by atoms with Gasteiger partial charge in [0.25, 0.3) is 0 Å². The van der Waals surface area contributed by atoms with Gasteiger partial charge >= 0.3 is 0 Å². The number of pyridine rings is 1. The van der Waals surface area contributed by atoms with Crippen LogP contribution in [0.5, 0.6) is 0 Å². The maximum absolute atomic E-state index is 13.5. The van der Waals surface area contributed by atoms with Crippen LogP contribution in [0.2, 0.25) is 0 Å². The van der Waals surface area contributed by atoms with Crippen molar-refractivity contribution in [1.29, 1.82) is 0 Å². The summed E-state index contributed by atoms with van der Waals surface area (Å²) in [5.74, 6) is 0.709. The van der Waals surface area contributed by atoms with Gasteiger partial charge in [-0.1, -0.05) is 6.42 Å². The van der Waals surface area contributed by atoms with Gasteiger partial charge in [-0.05, 0) is 46.7 Å². The third-order valence-electron chi connectivity index (χ3n) is 3.39. The lowest BCUT2D eigenvalue weighted by molar-refractivity contribution is 0.199. The van der Waals surface area contributed by atoms with Crippen LogP contribution in [0.3, 0.4) is 0 Å². The van der Waals surface area contributed by atoms with Crippen LogP contribution < -0.4 is 5.32 Å². The van der Waals surface area contributed by atoms with Gasteiger partial charge in [0, 0.05) is 23.8 Å². The summed E-state index contributed by atoms with van der Waals surface area (Å²) in [4.78, 5) is 3.99. The predicted molar refractivity (Wildman–Crippen MR) is 68.3 cm³/mol. The number of hydrogen-bond donors (Lipinski definition) is 2. The Bertz CT molecular complexity index is 389. The molecule has 1 aromatic rings. The summed E-state index contributed by atoms with van der Waals surface area (Å²) >= 11 is 3.17. The fraction of sp³-hybridized carbons (Fsp3) is 0.583. The molecule has 0 aromatic carbocycles. The van der Waals surface area contributed by atoms with Gasteiger partial charge in [-0.3, -0.25) is 0 Å². The summed E-state index contributed by atoms with van der Waals surface area (Å²) < 4.78 is 14.1. The van der Waals surface area contributed by atoms with E-state index in [1.165, 1.54) is 6.07 Å². The molecule has 17 heavy (non-hydrogen) atoms. The van der Waals surface area contributed by atoms with Crippen molar-refractivity contribution in [2.45, 2.75) is 19.3 Å². The number of aromatic nitrogens is 1. The number of anilines is 1. The van der Waals surface area contributed by atoms with Crippen molar-refractivity contribution >= 4 is 21.7 Å². The number of nitrogens with one attached hydrogen (secondary N) is 1. The zero-order valence-corrected chi connectivity index (χ0v) is 11.1. The molecule has 94 valence electrons. The molecule has 5 heteroatoms. The van der Waals surface area contributed by atoms with E-state index in [1.807, 2.05) is 0 Å². The molecule has 2 rings (SSSR count). The molecular formula is C12H16BrFN2O. The third kappa shape index (κ3) is 3.16. The monoisotopic (exact) mass is 302 g/mol. The zero-order chi connectivity index (χ0) is 12.3. The van der Waals surface area contributed by atoms with E-state index in [4.69, 9.17) is 0 Å². The summed E-state index contributed by atoms with van der Waals surface area (Å²) in [6.45, 7) is 0.902. The Labute approximate surface area is 109 Å². The third-order valence-corrected chi connectivity index (χ3v) is 3.82. The van der Waals surface area contributed by atoms with E-state index in [2.05, 4.69) is 26.2 Å². The standard InChI is InChI=1S/C12H16BrFN2O/c13-10-4-11(14)12(16-6-10)15-5-8-2-1-3-9(8)7-17/h4,6,8-9,17H,1-3,5,7H2,(H,15,16). The average Bonchev–Trinajstić information content (AvgIpc) is 2.75. The van der Waals surface area contributed by atoms with Gasteiger partial charge in [0.1, 0.15) is 0 Å². The lowest BCUT2D eigenvalue weighted by Crippen LogP contribution is -2.21. The van der Waals surface area contributed by atoms with Crippen molar-refractivity contribution in [3.63, 3.8) is 0 Å². The molecule has 2 unspecified atom stereocenters. The second-order valence-corrected chi connectivity index (χ2v) is 5.41. The number of hydrogen-bond acceptors (Lipinski definition) is 3. The Morgan fingerprint density at radius 3 is 2.94 bits per heavy atom. The number of aliphatic hydroxyl groups is 1. The Morgan fingerprint density at radius 1 is 1.47 bits per heavy atom. The molecule has 1 aliphatic carbocycles. The minimum absolute atomic E-state index is 0.225. The molecule has 1 saturated carbocycles. The minimum atomic E-state index is -0.349. The summed E-state index contributed by atoms with van der Waals surface area (Å²) in [6.07, 6.45) is 4.88. The second kappa shape index (κ2) is 5.78. The first-order chi connectivity index (χ1) is 8.20. The fourth-order valence-electron chi connectivity index (χ4n) is 2.40. The lowest BCUT2D eigenvalue weighted by atomic mass is 9.97. The van der Waals surface area contributed by atoms with Crippen LogP contribution >= 0.6 is 15.9 Å². The van der Waals surface area contributed by atoms with Crippen LogP contribution in [0.15, 0.2) is 16.7 Å². The van der Waals surface area contributed by atoms with E-state index in [0.29, 0.717) is 22.9 Å². The quantitative estimate of drug-likeness (QED) is 0.899. The molecule has 0 aliphatic heterocycles. The molecule has 2 atom stereocenters. The maximum Gasteiger partial charge on any atom is 0.166 e. The molecule has 0 amide bonds. The molecule has 0 saturated heterocycles. The van der Waals surface area contributed by atoms with Crippen molar-refractivity contribution in [3.05, 3.63) is 22.6 Å². The number of aliphatic hydroxyl groups excluding tert-OH is 1. The molecule has 0 spiro atoms. The smallest absolute Gasteiger partial charge is 0.166 e. The van der Waals surface area contributed by atoms with Crippen molar-refractivity contribution < 1.29 is 9.50 Å². The highest BCUT2D eigenvalue weighted by Crippen LogP contribution is 2.31. The second-order valence-electron chi connectivity index (χ2n) is 4.50. The van der Waals surface area contributed by atoms with E-state index in [1.54, 1.807) is 6.20 Å². The van der Waals surface area contributed by atoms with Gasteiger partial charge in [-0.25, -0.2) is 9.37 Å². The molecule has 1 heterocycles. The Balaban J connectivity index is 1.93. The van der Waals surface area contributed by atoms with E-state index in [0.717, 1.165) is 19.3 Å². The summed E-state index contributed by atoms with van der Waals surface area (Å²) in [6, 6.07) is 1.40. The minimum Gasteiger partial charge on any atom is -0.396 e. The van der Waals surface area contributed by atoms with E-state index >= 15 is 0 Å². The van der Waals surface area contributed by atoms with Crippen LogP contribution in [-0.2, 0) is 0 Å². The molecular weight excluding hydrogens is 287 g/mol. The van der Waals surface area contributed by atoms with Crippen molar-refractivity contribution in [1.82, 2.24) is 4.98 Å². The van der Waals surface area contributed by atoms with Gasteiger partial charge in [0.05, 0.1) is 0 Å². The van der Waals surface area contributed by atoms with Crippen molar-refractivity contribution in [2.24, 2.45) is 11.8 Å². The highest BCUT2D eigenvalue weighted by molar-refractivity contribution is 9.10. The number of halogens is 2. The fourth-order valence-corrected chi connectivity index (χ4v) is 2.70. The molecule has 2 N–H and O–H groups in total. The molecule has 3 nitrogen and oxygen atoms in total. The van der Waals surface area contributed by atoms with Crippen LogP contribution in [0.25, 0.3) is 0 Å². The van der Waals surface area contributed by atoms with E-state index in [-0.39, 0.29) is 18.2 Å². The Morgan fingerprint density at radius 2 is 2.24 bits per heavy atom. The van der Waals surface area contributed by atoms with Gasteiger partial charge in [-0.2, -0.15) is 0 Å². The molecule has 0 radical (unpaired) electrons. The predicted octanol–water partition coefficient (Wildman–Crippen LogP) is 2.80. The van der Waals surface area contributed by atoms with Crippen LogP contribution in [0.1, 0.15) is 19.3 Å². The van der Waals surface area contributed by atoms with Crippen LogP contribution in [0.4, 0.5) is 10.2 Å². The highest BCUT2D eigenvalue weighted by atomic mass is 79.9. The zero-order valence-electron chi connectivity index (χ0n) is 9.50. The number of nitrogens with zero attached hydrogens (tertiary/aromatic N) is 1. The van der Waals surface area contributed by atoms with Gasteiger partial charge in [0.2, 0.25) is 0 Å². The summed E-state index contributed by atoms with van der Waals surface area (Å²) in [7, 11) is 0. The Hall–Kier alpha value is -0.680. The van der Waals surface area contributed by atoms with Crippen molar-refractivity contribution in [2.75, 3.05) is 18.5 Å². The highest BCUT2D eigenvalue weighted by Gasteiger charge is 2.26. The largest absolute Gasteiger partial charge is 0.396 e. The summed E-state index contributed by atoms with van der Waals surface area (Å²) in [5, 5.41) is 12.2. The first kappa shape index (κ1) is 12.8. The normalized spacial score (nSPS) is 23.9. The van der Waals surface area contributed by atoms with Crippen molar-refractivity contribution in [3.8, 4) is 0 Å². The first-order valence-corrected chi connectivity index (χ1v) is 6.65. The van der Waals surface area contributed by atoms with Gasteiger partial charge < -0.3 is 10.4 Å². The van der Waals surface area contributed by atoms with Crippen LogP contribution in [0, 0.1) is 17.7 Å². The summed E-state index contributed by atoms with van der Waals surface area (Å²) in [5.41, 5.74) is 0. The van der Waals surface area contributed by atoms with Crippen LogP contribution in [-0.4, -0.2) is 23.2 Å². The van der Waals surface area contributed by atoms with Gasteiger partial charge in [0.15, 0.2) is 11.6 Å². The number of rotatable bonds is 4.